The molecule has 0 unspecified atom stereocenters. The van der Waals surface area contributed by atoms with Gasteiger partial charge in [-0.1, -0.05) is 48.0 Å². The fourth-order valence-electron chi connectivity index (χ4n) is 3.48. The number of fused-ring (bicyclic) bond motifs is 1. The van der Waals surface area contributed by atoms with Crippen LogP contribution >= 0.6 is 11.6 Å². The molecule has 4 rings (SSSR count). The fourth-order valence-corrected chi connectivity index (χ4v) is 3.59. The Morgan fingerprint density at radius 1 is 1.15 bits per heavy atom. The summed E-state index contributed by atoms with van der Waals surface area (Å²) < 4.78 is 23.3. The van der Waals surface area contributed by atoms with Crippen molar-refractivity contribution in [3.05, 3.63) is 64.9 Å². The van der Waals surface area contributed by atoms with Gasteiger partial charge in [0.25, 0.3) is 0 Å². The molecule has 2 aliphatic heterocycles. The summed E-state index contributed by atoms with van der Waals surface area (Å²) in [6, 6.07) is 13.0. The van der Waals surface area contributed by atoms with E-state index in [2.05, 4.69) is 4.98 Å². The number of nitrogens with zero attached hydrogens (tertiary/aromatic N) is 1. The van der Waals surface area contributed by atoms with E-state index >= 15 is 0 Å². The summed E-state index contributed by atoms with van der Waals surface area (Å²) in [6.45, 7) is 0.360. The highest BCUT2D eigenvalue weighted by molar-refractivity contribution is 6.29. The predicted molar refractivity (Wildman–Crippen MR) is 93.4 cm³/mol. The quantitative estimate of drug-likeness (QED) is 0.829. The van der Waals surface area contributed by atoms with E-state index < -0.39 is 18.2 Å². The van der Waals surface area contributed by atoms with E-state index in [9.17, 15) is 5.11 Å². The van der Waals surface area contributed by atoms with Gasteiger partial charge >= 0.3 is 0 Å². The van der Waals surface area contributed by atoms with Gasteiger partial charge in [0.2, 0.25) is 0 Å². The summed E-state index contributed by atoms with van der Waals surface area (Å²) in [5.41, 5.74) is 0.0987. The molecule has 5 atom stereocenters. The number of benzene rings is 1. The maximum atomic E-state index is 11.3. The van der Waals surface area contributed by atoms with Gasteiger partial charge in [0.1, 0.15) is 16.9 Å². The van der Waals surface area contributed by atoms with Gasteiger partial charge in [0.15, 0.2) is 12.6 Å². The third-order valence-electron chi connectivity index (χ3n) is 4.84. The molecule has 0 saturated carbocycles. The summed E-state index contributed by atoms with van der Waals surface area (Å²) in [6.07, 6.45) is -0.181. The zero-order valence-electron chi connectivity index (χ0n) is 14.2. The molecular weight excluding hydrogens is 358 g/mol. The average Bonchev–Trinajstić information content (AvgIpc) is 2.68. The number of aromatic nitrogens is 1. The SMILES string of the molecule is CO[C@H]1O[C@@H]2CO[C@@H](c3ccccc3)O[C@H]2C[C@]1(O)c1ccc(Cl)nc1. The number of rotatable bonds is 3. The summed E-state index contributed by atoms with van der Waals surface area (Å²) in [5, 5.41) is 11.7. The molecule has 0 radical (unpaired) electrons. The molecule has 1 aromatic carbocycles. The normalized spacial score (nSPS) is 34.3. The smallest absolute Gasteiger partial charge is 0.190 e. The van der Waals surface area contributed by atoms with Crippen molar-refractivity contribution in [3.63, 3.8) is 0 Å². The predicted octanol–water partition coefficient (Wildman–Crippen LogP) is 2.80. The molecule has 26 heavy (non-hydrogen) atoms. The summed E-state index contributed by atoms with van der Waals surface area (Å²) >= 11 is 5.87. The van der Waals surface area contributed by atoms with Crippen LogP contribution in [0, 0.1) is 0 Å². The number of methoxy groups -OCH3 is 1. The summed E-state index contributed by atoms with van der Waals surface area (Å²) in [7, 11) is 1.50. The third-order valence-corrected chi connectivity index (χ3v) is 5.06. The molecule has 0 aliphatic carbocycles. The molecule has 1 N–H and O–H groups in total. The van der Waals surface area contributed by atoms with Crippen LogP contribution in [0.3, 0.4) is 0 Å². The Kier molecular flexibility index (Phi) is 4.96. The zero-order valence-corrected chi connectivity index (χ0v) is 15.0. The monoisotopic (exact) mass is 377 g/mol. The highest BCUT2D eigenvalue weighted by Gasteiger charge is 2.52. The summed E-state index contributed by atoms with van der Waals surface area (Å²) in [5.74, 6) is 0. The molecule has 6 nitrogen and oxygen atoms in total. The van der Waals surface area contributed by atoms with Gasteiger partial charge in [-0.3, -0.25) is 0 Å². The first-order chi connectivity index (χ1) is 12.6. The Bertz CT molecular complexity index is 743. The fraction of sp³-hybridized carbons (Fsp3) is 0.421. The van der Waals surface area contributed by atoms with E-state index in [1.54, 1.807) is 12.1 Å². The van der Waals surface area contributed by atoms with E-state index in [1.165, 1.54) is 13.3 Å². The van der Waals surface area contributed by atoms with Crippen LogP contribution in [0.4, 0.5) is 0 Å². The second-order valence-electron chi connectivity index (χ2n) is 6.49. The molecule has 2 saturated heterocycles. The van der Waals surface area contributed by atoms with Crippen LogP contribution in [0.25, 0.3) is 0 Å². The van der Waals surface area contributed by atoms with Crippen molar-refractivity contribution in [2.45, 2.75) is 36.8 Å². The first-order valence-electron chi connectivity index (χ1n) is 8.45. The second-order valence-corrected chi connectivity index (χ2v) is 6.88. The molecule has 7 heteroatoms. The first kappa shape index (κ1) is 17.9. The second kappa shape index (κ2) is 7.23. The zero-order chi connectivity index (χ0) is 18.1. The van der Waals surface area contributed by atoms with Gasteiger partial charge in [-0.15, -0.1) is 0 Å². The highest BCUT2D eigenvalue weighted by atomic mass is 35.5. The Labute approximate surface area is 156 Å². The van der Waals surface area contributed by atoms with E-state index in [1.807, 2.05) is 30.3 Å². The maximum absolute atomic E-state index is 11.3. The maximum Gasteiger partial charge on any atom is 0.190 e. The lowest BCUT2D eigenvalue weighted by atomic mass is 9.84. The molecule has 0 bridgehead atoms. The van der Waals surface area contributed by atoms with E-state index in [0.717, 1.165) is 5.56 Å². The van der Waals surface area contributed by atoms with Crippen LogP contribution in [0.1, 0.15) is 23.8 Å². The van der Waals surface area contributed by atoms with Crippen molar-refractivity contribution in [2.24, 2.45) is 0 Å². The van der Waals surface area contributed by atoms with Gasteiger partial charge in [0.05, 0.1) is 12.7 Å². The molecule has 1 aromatic heterocycles. The Balaban J connectivity index is 1.59. The minimum absolute atomic E-state index is 0.298. The van der Waals surface area contributed by atoms with Gasteiger partial charge in [-0.25, -0.2) is 4.98 Å². The van der Waals surface area contributed by atoms with E-state index in [0.29, 0.717) is 23.7 Å². The number of aliphatic hydroxyl groups is 1. The highest BCUT2D eigenvalue weighted by Crippen LogP contribution is 2.42. The molecule has 0 amide bonds. The van der Waals surface area contributed by atoms with Crippen molar-refractivity contribution in [3.8, 4) is 0 Å². The average molecular weight is 378 g/mol. The number of halogens is 1. The lowest BCUT2D eigenvalue weighted by molar-refractivity contribution is -0.359. The Morgan fingerprint density at radius 3 is 2.65 bits per heavy atom. The van der Waals surface area contributed by atoms with E-state index in [4.69, 9.17) is 30.5 Å². The number of hydrogen-bond donors (Lipinski definition) is 1. The number of ether oxygens (including phenoxy) is 4. The molecule has 138 valence electrons. The van der Waals surface area contributed by atoms with Crippen molar-refractivity contribution >= 4 is 11.6 Å². The molecule has 2 aromatic rings. The third kappa shape index (κ3) is 3.24. The minimum atomic E-state index is -1.40. The van der Waals surface area contributed by atoms with Gasteiger partial charge in [-0.05, 0) is 6.07 Å². The van der Waals surface area contributed by atoms with Crippen LogP contribution in [0.15, 0.2) is 48.7 Å². The molecular formula is C19H20ClNO5. The van der Waals surface area contributed by atoms with Gasteiger partial charge in [-0.2, -0.15) is 0 Å². The molecule has 0 spiro atoms. The van der Waals surface area contributed by atoms with Crippen LogP contribution < -0.4 is 0 Å². The molecule has 3 heterocycles. The largest absolute Gasteiger partial charge is 0.380 e. The Hall–Kier alpha value is -1.54. The van der Waals surface area contributed by atoms with Crippen LogP contribution in [-0.2, 0) is 24.5 Å². The van der Waals surface area contributed by atoms with Crippen molar-refractivity contribution in [1.29, 1.82) is 0 Å². The van der Waals surface area contributed by atoms with Crippen LogP contribution in [-0.4, -0.2) is 42.3 Å². The van der Waals surface area contributed by atoms with Crippen LogP contribution in [0.5, 0.6) is 0 Å². The lowest BCUT2D eigenvalue weighted by Gasteiger charge is -2.48. The van der Waals surface area contributed by atoms with Gasteiger partial charge < -0.3 is 24.1 Å². The minimum Gasteiger partial charge on any atom is -0.380 e. The number of pyridine rings is 1. The van der Waals surface area contributed by atoms with E-state index in [-0.39, 0.29) is 12.2 Å². The lowest BCUT2D eigenvalue weighted by Crippen LogP contribution is -2.58. The van der Waals surface area contributed by atoms with Crippen molar-refractivity contribution in [2.75, 3.05) is 13.7 Å². The van der Waals surface area contributed by atoms with Gasteiger partial charge in [0, 0.05) is 30.9 Å². The van der Waals surface area contributed by atoms with Crippen molar-refractivity contribution in [1.82, 2.24) is 4.98 Å². The first-order valence-corrected chi connectivity index (χ1v) is 8.82. The summed E-state index contributed by atoms with van der Waals surface area (Å²) in [4.78, 5) is 4.06. The topological polar surface area (TPSA) is 70.0 Å². The Morgan fingerprint density at radius 2 is 1.96 bits per heavy atom. The van der Waals surface area contributed by atoms with Crippen molar-refractivity contribution < 1.29 is 24.1 Å². The standard InChI is InChI=1S/C19H20ClNO5/c1-23-18-19(22,13-7-8-16(20)21-10-13)9-14-15(26-18)11-24-17(25-14)12-5-3-2-4-6-12/h2-8,10,14-15,17-18,22H,9,11H2,1H3/t14-,15+,17+,18-,19-/m0/s1. The molecule has 2 fully saturated rings. The number of hydrogen-bond acceptors (Lipinski definition) is 6. The van der Waals surface area contributed by atoms with Crippen LogP contribution in [0.2, 0.25) is 5.15 Å². The molecule has 2 aliphatic rings.